The molecule has 1 amide bonds. The fourth-order valence-corrected chi connectivity index (χ4v) is 3.28. The Morgan fingerprint density at radius 1 is 0.926 bits per heavy atom. The molecule has 27 heavy (non-hydrogen) atoms. The fourth-order valence-electron chi connectivity index (χ4n) is 3.15. The summed E-state index contributed by atoms with van der Waals surface area (Å²) >= 11 is 5.86. The average Bonchev–Trinajstić information content (AvgIpc) is 2.95. The van der Waals surface area contributed by atoms with Crippen LogP contribution in [0, 0.1) is 0 Å². The third-order valence-corrected chi connectivity index (χ3v) is 4.74. The Morgan fingerprint density at radius 2 is 1.59 bits per heavy atom. The molecule has 0 saturated carbocycles. The van der Waals surface area contributed by atoms with Crippen LogP contribution in [-0.2, 0) is 16.1 Å². The molecule has 4 nitrogen and oxygen atoms in total. The predicted octanol–water partition coefficient (Wildman–Crippen LogP) is 4.78. The monoisotopic (exact) mass is 377 g/mol. The van der Waals surface area contributed by atoms with E-state index in [1.165, 1.54) is 0 Å². The van der Waals surface area contributed by atoms with Crippen LogP contribution in [0.15, 0.2) is 78.9 Å². The lowest BCUT2D eigenvalue weighted by Gasteiger charge is -2.18. The maximum Gasteiger partial charge on any atom is 0.339 e. The molecule has 0 saturated heterocycles. The topological polar surface area (TPSA) is 46.6 Å². The van der Waals surface area contributed by atoms with Gasteiger partial charge in [0, 0.05) is 10.6 Å². The van der Waals surface area contributed by atoms with Crippen LogP contribution in [0.3, 0.4) is 0 Å². The van der Waals surface area contributed by atoms with Gasteiger partial charge >= 0.3 is 5.97 Å². The van der Waals surface area contributed by atoms with E-state index in [0.717, 1.165) is 11.3 Å². The summed E-state index contributed by atoms with van der Waals surface area (Å²) in [4.78, 5) is 27.2. The minimum Gasteiger partial charge on any atom is -0.444 e. The summed E-state index contributed by atoms with van der Waals surface area (Å²) in [6.45, 7) is 0.422. The predicted molar refractivity (Wildman–Crippen MR) is 104 cm³/mol. The van der Waals surface area contributed by atoms with E-state index in [4.69, 9.17) is 16.3 Å². The summed E-state index contributed by atoms with van der Waals surface area (Å²) in [6.07, 6.45) is -0.951. The van der Waals surface area contributed by atoms with Gasteiger partial charge in [-0.15, -0.1) is 0 Å². The molecule has 134 valence electrons. The summed E-state index contributed by atoms with van der Waals surface area (Å²) < 4.78 is 5.57. The Kier molecular flexibility index (Phi) is 4.65. The molecule has 0 spiro atoms. The first kappa shape index (κ1) is 17.3. The number of benzene rings is 3. The third-order valence-electron chi connectivity index (χ3n) is 4.49. The zero-order valence-corrected chi connectivity index (χ0v) is 15.1. The number of para-hydroxylation sites is 1. The Bertz CT molecular complexity index is 986. The zero-order chi connectivity index (χ0) is 18.8. The third kappa shape index (κ3) is 3.44. The van der Waals surface area contributed by atoms with Crippen molar-refractivity contribution in [3.05, 3.63) is 101 Å². The van der Waals surface area contributed by atoms with Gasteiger partial charge in [-0.3, -0.25) is 4.79 Å². The molecule has 0 aliphatic carbocycles. The molecule has 1 aliphatic heterocycles. The normalized spacial score (nSPS) is 15.5. The van der Waals surface area contributed by atoms with Gasteiger partial charge in [0.1, 0.15) is 0 Å². The molecule has 1 heterocycles. The molecule has 5 heteroatoms. The largest absolute Gasteiger partial charge is 0.444 e. The van der Waals surface area contributed by atoms with E-state index in [1.54, 1.807) is 29.2 Å². The van der Waals surface area contributed by atoms with Crippen LogP contribution >= 0.6 is 11.6 Å². The average molecular weight is 378 g/mol. The zero-order valence-electron chi connectivity index (χ0n) is 14.3. The van der Waals surface area contributed by atoms with Crippen LogP contribution in [-0.4, -0.2) is 11.9 Å². The van der Waals surface area contributed by atoms with Crippen LogP contribution in [0.5, 0.6) is 0 Å². The van der Waals surface area contributed by atoms with Crippen LogP contribution in [0.25, 0.3) is 0 Å². The van der Waals surface area contributed by atoms with Gasteiger partial charge in [0.25, 0.3) is 5.91 Å². The molecule has 0 radical (unpaired) electrons. The second-order valence-electron chi connectivity index (χ2n) is 6.26. The molecule has 0 unspecified atom stereocenters. The van der Waals surface area contributed by atoms with Crippen molar-refractivity contribution in [3.63, 3.8) is 0 Å². The van der Waals surface area contributed by atoms with Gasteiger partial charge in [-0.05, 0) is 35.9 Å². The van der Waals surface area contributed by atoms with Crippen molar-refractivity contribution in [2.75, 3.05) is 4.90 Å². The van der Waals surface area contributed by atoms with Crippen molar-refractivity contribution in [1.82, 2.24) is 0 Å². The Hall–Kier alpha value is -3.11. The van der Waals surface area contributed by atoms with Gasteiger partial charge in [0.05, 0.1) is 17.8 Å². The molecule has 0 fully saturated rings. The van der Waals surface area contributed by atoms with Crippen LogP contribution in [0.4, 0.5) is 5.69 Å². The van der Waals surface area contributed by atoms with Crippen LogP contribution in [0.1, 0.15) is 27.6 Å². The molecule has 0 bridgehead atoms. The molecular weight excluding hydrogens is 362 g/mol. The highest BCUT2D eigenvalue weighted by molar-refractivity contribution is 6.30. The van der Waals surface area contributed by atoms with Gasteiger partial charge in [-0.1, -0.05) is 60.1 Å². The summed E-state index contributed by atoms with van der Waals surface area (Å²) in [6, 6.07) is 23.5. The van der Waals surface area contributed by atoms with Gasteiger partial charge in [0.15, 0.2) is 0 Å². The smallest absolute Gasteiger partial charge is 0.339 e. The second-order valence-corrected chi connectivity index (χ2v) is 6.70. The van der Waals surface area contributed by atoms with E-state index < -0.39 is 12.1 Å². The van der Waals surface area contributed by atoms with Crippen molar-refractivity contribution >= 4 is 29.2 Å². The molecule has 1 aliphatic rings. The number of carbonyl (C=O) groups is 2. The lowest BCUT2D eigenvalue weighted by molar-refractivity contribution is -0.126. The maximum absolute atomic E-state index is 13.0. The molecule has 1 atom stereocenters. The molecule has 4 rings (SSSR count). The van der Waals surface area contributed by atoms with E-state index in [0.29, 0.717) is 22.7 Å². The molecule has 0 N–H and O–H groups in total. The first-order valence-corrected chi connectivity index (χ1v) is 8.92. The Morgan fingerprint density at radius 3 is 2.33 bits per heavy atom. The number of rotatable bonds is 4. The number of hydrogen-bond acceptors (Lipinski definition) is 3. The number of nitrogens with zero attached hydrogens (tertiary/aromatic N) is 1. The highest BCUT2D eigenvalue weighted by atomic mass is 35.5. The number of anilines is 1. The standard InChI is InChI=1S/C22H16ClNO3/c23-17-12-10-16(11-13-17)22(26)27-20-18-8-4-5-9-19(18)24(21(20)25)14-15-6-2-1-3-7-15/h1-13,20H,14H2/t20-/m1/s1. The van der Waals surface area contributed by atoms with Crippen molar-refractivity contribution in [2.45, 2.75) is 12.6 Å². The lowest BCUT2D eigenvalue weighted by atomic mass is 10.1. The van der Waals surface area contributed by atoms with E-state index in [2.05, 4.69) is 0 Å². The van der Waals surface area contributed by atoms with Crippen LogP contribution in [0.2, 0.25) is 5.02 Å². The van der Waals surface area contributed by atoms with E-state index in [9.17, 15) is 9.59 Å². The van der Waals surface area contributed by atoms with Gasteiger partial charge < -0.3 is 9.64 Å². The van der Waals surface area contributed by atoms with E-state index >= 15 is 0 Å². The lowest BCUT2D eigenvalue weighted by Crippen LogP contribution is -2.30. The highest BCUT2D eigenvalue weighted by Crippen LogP contribution is 2.39. The fraction of sp³-hybridized carbons (Fsp3) is 0.0909. The van der Waals surface area contributed by atoms with Crippen molar-refractivity contribution < 1.29 is 14.3 Å². The number of amides is 1. The SMILES string of the molecule is O=C(O[C@H]1C(=O)N(Cc2ccccc2)c2ccccc21)c1ccc(Cl)cc1. The molecule has 0 aromatic heterocycles. The minimum absolute atomic E-state index is 0.248. The summed E-state index contributed by atoms with van der Waals surface area (Å²) in [5.41, 5.74) is 2.82. The molecule has 3 aromatic rings. The summed E-state index contributed by atoms with van der Waals surface area (Å²) in [5, 5.41) is 0.530. The first-order valence-electron chi connectivity index (χ1n) is 8.54. The second kappa shape index (κ2) is 7.25. The van der Waals surface area contributed by atoms with E-state index in [-0.39, 0.29) is 5.91 Å². The van der Waals surface area contributed by atoms with Crippen molar-refractivity contribution in [3.8, 4) is 0 Å². The number of esters is 1. The van der Waals surface area contributed by atoms with Gasteiger partial charge in [0.2, 0.25) is 6.10 Å². The Balaban J connectivity index is 1.61. The van der Waals surface area contributed by atoms with Gasteiger partial charge in [-0.2, -0.15) is 0 Å². The Labute approximate surface area is 161 Å². The first-order chi connectivity index (χ1) is 13.1. The number of halogens is 1. The number of carbonyl (C=O) groups excluding carboxylic acids is 2. The minimum atomic E-state index is -0.951. The van der Waals surface area contributed by atoms with Gasteiger partial charge in [-0.25, -0.2) is 4.79 Å². The number of fused-ring (bicyclic) bond motifs is 1. The van der Waals surface area contributed by atoms with Crippen LogP contribution < -0.4 is 4.90 Å². The highest BCUT2D eigenvalue weighted by Gasteiger charge is 2.39. The molecular formula is C22H16ClNO3. The van der Waals surface area contributed by atoms with Crippen molar-refractivity contribution in [1.29, 1.82) is 0 Å². The quantitative estimate of drug-likeness (QED) is 0.614. The maximum atomic E-state index is 13.0. The number of hydrogen-bond donors (Lipinski definition) is 0. The number of ether oxygens (including phenoxy) is 1. The van der Waals surface area contributed by atoms with E-state index in [1.807, 2.05) is 54.6 Å². The molecule has 3 aromatic carbocycles. The summed E-state index contributed by atoms with van der Waals surface area (Å²) in [5.74, 6) is -0.802. The summed E-state index contributed by atoms with van der Waals surface area (Å²) in [7, 11) is 0. The van der Waals surface area contributed by atoms with Crippen molar-refractivity contribution in [2.24, 2.45) is 0 Å².